The van der Waals surface area contributed by atoms with Crippen molar-refractivity contribution in [2.75, 3.05) is 10.6 Å². The lowest BCUT2D eigenvalue weighted by Crippen LogP contribution is -2.39. The Labute approximate surface area is 290 Å². The number of nitrogens with zero attached hydrogens (tertiary/aromatic N) is 1. The van der Waals surface area contributed by atoms with Crippen molar-refractivity contribution in [2.45, 2.75) is 44.3 Å². The number of thiazole rings is 1. The molecule has 0 aliphatic heterocycles. The van der Waals surface area contributed by atoms with E-state index in [4.69, 9.17) is 4.74 Å². The second-order valence-corrected chi connectivity index (χ2v) is 13.0. The number of hydrogen-bond acceptors (Lipinski definition) is 6. The van der Waals surface area contributed by atoms with Crippen LogP contribution in [0.5, 0.6) is 11.5 Å². The molecule has 0 saturated heterocycles. The minimum absolute atomic E-state index is 0.0356. The fourth-order valence-electron chi connectivity index (χ4n) is 5.67. The highest BCUT2D eigenvalue weighted by Gasteiger charge is 2.31. The molecule has 1 aliphatic carbocycles. The van der Waals surface area contributed by atoms with E-state index in [0.717, 1.165) is 41.7 Å². The lowest BCUT2D eigenvalue weighted by atomic mass is 9.85. The molecule has 4 aromatic carbocycles. The first kappa shape index (κ1) is 35.4. The van der Waals surface area contributed by atoms with Crippen LogP contribution in [-0.2, 0) is 22.2 Å². The van der Waals surface area contributed by atoms with Gasteiger partial charge in [-0.3, -0.25) is 14.4 Å². The largest absolute Gasteiger partial charge is 0.454 e. The van der Waals surface area contributed by atoms with Crippen molar-refractivity contribution >= 4 is 50.1 Å². The third-order valence-corrected chi connectivity index (χ3v) is 9.20. The first-order valence-corrected chi connectivity index (χ1v) is 16.5. The van der Waals surface area contributed by atoms with Gasteiger partial charge in [-0.2, -0.15) is 13.2 Å². The van der Waals surface area contributed by atoms with Gasteiger partial charge in [0.1, 0.15) is 17.4 Å². The number of hydrogen-bond donors (Lipinski definition) is 3. The van der Waals surface area contributed by atoms with Gasteiger partial charge in [-0.1, -0.05) is 29.5 Å². The van der Waals surface area contributed by atoms with E-state index in [1.165, 1.54) is 48.5 Å². The molecule has 1 saturated carbocycles. The van der Waals surface area contributed by atoms with Crippen LogP contribution in [0, 0.1) is 23.4 Å². The molecule has 5 aromatic rings. The van der Waals surface area contributed by atoms with Crippen molar-refractivity contribution in [2.24, 2.45) is 5.92 Å². The molecule has 1 aromatic heterocycles. The van der Waals surface area contributed by atoms with Gasteiger partial charge < -0.3 is 20.7 Å². The number of carbonyl (C=O) groups excluding carboxylic acids is 3. The van der Waals surface area contributed by atoms with Crippen molar-refractivity contribution in [1.82, 2.24) is 10.3 Å². The molecule has 1 heterocycles. The average Bonchev–Trinajstić information content (AvgIpc) is 3.47. The van der Waals surface area contributed by atoms with Gasteiger partial charge in [0, 0.05) is 35.7 Å². The summed E-state index contributed by atoms with van der Waals surface area (Å²) in [5, 5.41) is 8.25. The highest BCUT2D eigenvalue weighted by Crippen LogP contribution is 2.36. The molecule has 264 valence electrons. The van der Waals surface area contributed by atoms with E-state index in [9.17, 15) is 36.3 Å². The topological polar surface area (TPSA) is 109 Å². The summed E-state index contributed by atoms with van der Waals surface area (Å²) in [5.74, 6) is -4.04. The van der Waals surface area contributed by atoms with E-state index < -0.39 is 41.5 Å². The van der Waals surface area contributed by atoms with Crippen molar-refractivity contribution in [3.05, 3.63) is 113 Å². The SMILES string of the molecule is O=C(Cc1cccc(C(F)(F)F)c1)Nc1cc(Oc2cc3sc(NC(=O)C4CCC(NC(=O)c5ccc(F)cc5)CC4)nc3cc2F)ccc1F. The molecule has 0 unspecified atom stereocenters. The Hall–Kier alpha value is -5.44. The van der Waals surface area contributed by atoms with Gasteiger partial charge in [-0.15, -0.1) is 0 Å². The summed E-state index contributed by atoms with van der Waals surface area (Å²) >= 11 is 1.09. The van der Waals surface area contributed by atoms with Gasteiger partial charge in [-0.05, 0) is 73.7 Å². The summed E-state index contributed by atoms with van der Waals surface area (Å²) in [7, 11) is 0. The second kappa shape index (κ2) is 14.8. The van der Waals surface area contributed by atoms with Crippen molar-refractivity contribution < 1.29 is 45.5 Å². The zero-order valence-electron chi connectivity index (χ0n) is 26.5. The molecule has 3 amide bonds. The van der Waals surface area contributed by atoms with E-state index in [0.29, 0.717) is 35.9 Å². The van der Waals surface area contributed by atoms with Crippen molar-refractivity contribution in [1.29, 1.82) is 0 Å². The highest BCUT2D eigenvalue weighted by atomic mass is 32.1. The number of ether oxygens (including phenoxy) is 1. The van der Waals surface area contributed by atoms with E-state index in [2.05, 4.69) is 20.9 Å². The zero-order chi connectivity index (χ0) is 36.3. The Bertz CT molecular complexity index is 2100. The molecule has 0 bridgehead atoms. The minimum atomic E-state index is -4.59. The standard InChI is InChI=1S/C36H28F6N4O4S/c37-23-8-4-20(5-9-23)33(48)43-24-10-6-21(7-11-24)34(49)46-35-45-29-17-27(39)30(18-31(29)51-35)50-25-12-13-26(38)28(16-25)44-32(47)15-19-2-1-3-22(14-19)36(40,41)42/h1-5,8-9,12-14,16-18,21,24H,6-7,10-11,15H2,(H,43,48)(H,44,47)(H,45,46,49). The normalized spacial score (nSPS) is 16.0. The fourth-order valence-corrected chi connectivity index (χ4v) is 6.55. The number of benzene rings is 4. The number of carbonyl (C=O) groups is 3. The molecule has 0 atom stereocenters. The number of amides is 3. The number of halogens is 6. The lowest BCUT2D eigenvalue weighted by molar-refractivity contribution is -0.137. The van der Waals surface area contributed by atoms with Crippen molar-refractivity contribution in [3.8, 4) is 11.5 Å². The molecule has 0 spiro atoms. The van der Waals surface area contributed by atoms with Gasteiger partial charge in [-0.25, -0.2) is 18.2 Å². The fraction of sp³-hybridized carbons (Fsp3) is 0.222. The smallest absolute Gasteiger partial charge is 0.416 e. The Morgan fingerprint density at radius 2 is 1.59 bits per heavy atom. The molecule has 1 fully saturated rings. The van der Waals surface area contributed by atoms with Crippen LogP contribution in [0.15, 0.2) is 78.9 Å². The van der Waals surface area contributed by atoms with Crippen LogP contribution in [0.3, 0.4) is 0 Å². The van der Waals surface area contributed by atoms with E-state index in [-0.39, 0.29) is 57.2 Å². The number of alkyl halides is 3. The Balaban J connectivity index is 1.05. The third-order valence-electron chi connectivity index (χ3n) is 8.27. The van der Waals surface area contributed by atoms with Crippen LogP contribution in [0.25, 0.3) is 10.2 Å². The van der Waals surface area contributed by atoms with E-state index in [1.54, 1.807) is 0 Å². The van der Waals surface area contributed by atoms with Crippen LogP contribution in [-0.4, -0.2) is 28.7 Å². The van der Waals surface area contributed by atoms with Crippen LogP contribution >= 0.6 is 11.3 Å². The molecule has 15 heteroatoms. The summed E-state index contributed by atoms with van der Waals surface area (Å²) < 4.78 is 87.9. The van der Waals surface area contributed by atoms with Crippen LogP contribution in [0.1, 0.15) is 47.2 Å². The van der Waals surface area contributed by atoms with Crippen molar-refractivity contribution in [3.63, 3.8) is 0 Å². The molecule has 1 aliphatic rings. The Morgan fingerprint density at radius 3 is 2.31 bits per heavy atom. The maximum absolute atomic E-state index is 15.1. The Kier molecular flexibility index (Phi) is 10.3. The zero-order valence-corrected chi connectivity index (χ0v) is 27.3. The molecule has 51 heavy (non-hydrogen) atoms. The molecule has 8 nitrogen and oxygen atoms in total. The number of rotatable bonds is 9. The molecule has 3 N–H and O–H groups in total. The predicted octanol–water partition coefficient (Wildman–Crippen LogP) is 8.63. The minimum Gasteiger partial charge on any atom is -0.454 e. The molecular formula is C36H28F6N4O4S. The van der Waals surface area contributed by atoms with Gasteiger partial charge in [0.05, 0.1) is 27.9 Å². The summed E-state index contributed by atoms with van der Waals surface area (Å²) in [6, 6.07) is 15.1. The summed E-state index contributed by atoms with van der Waals surface area (Å²) in [6.07, 6.45) is -2.87. The van der Waals surface area contributed by atoms with Gasteiger partial charge >= 0.3 is 6.18 Å². The predicted molar refractivity (Wildman–Crippen MR) is 178 cm³/mol. The maximum Gasteiger partial charge on any atom is 0.416 e. The first-order valence-electron chi connectivity index (χ1n) is 15.7. The highest BCUT2D eigenvalue weighted by molar-refractivity contribution is 7.22. The average molecular weight is 727 g/mol. The summed E-state index contributed by atoms with van der Waals surface area (Å²) in [4.78, 5) is 42.3. The monoisotopic (exact) mass is 726 g/mol. The van der Waals surface area contributed by atoms with Crippen LogP contribution in [0.4, 0.5) is 37.2 Å². The quantitative estimate of drug-likeness (QED) is 0.132. The van der Waals surface area contributed by atoms with Gasteiger partial charge in [0.2, 0.25) is 11.8 Å². The molecular weight excluding hydrogens is 698 g/mol. The second-order valence-electron chi connectivity index (χ2n) is 12.0. The van der Waals surface area contributed by atoms with E-state index >= 15 is 4.39 Å². The number of aromatic nitrogens is 1. The number of nitrogens with one attached hydrogen (secondary N) is 3. The third kappa shape index (κ3) is 8.84. The Morgan fingerprint density at radius 1 is 0.843 bits per heavy atom. The number of anilines is 2. The van der Waals surface area contributed by atoms with E-state index in [1.807, 2.05) is 0 Å². The van der Waals surface area contributed by atoms with Crippen LogP contribution in [0.2, 0.25) is 0 Å². The lowest BCUT2D eigenvalue weighted by Gasteiger charge is -2.28. The van der Waals surface area contributed by atoms with Crippen LogP contribution < -0.4 is 20.7 Å². The number of fused-ring (bicyclic) bond motifs is 1. The summed E-state index contributed by atoms with van der Waals surface area (Å²) in [5.41, 5.74) is -0.566. The van der Waals surface area contributed by atoms with Gasteiger partial charge in [0.15, 0.2) is 16.7 Å². The molecule has 6 rings (SSSR count). The molecule has 0 radical (unpaired) electrons. The maximum atomic E-state index is 15.1. The summed E-state index contributed by atoms with van der Waals surface area (Å²) in [6.45, 7) is 0. The first-order chi connectivity index (χ1) is 24.3. The van der Waals surface area contributed by atoms with Gasteiger partial charge in [0.25, 0.3) is 5.91 Å².